The fourth-order valence-electron chi connectivity index (χ4n) is 4.66. The maximum Gasteiger partial charge on any atom is 0.252 e. The molecule has 2 aliphatic carbocycles. The van der Waals surface area contributed by atoms with Gasteiger partial charge in [0.1, 0.15) is 17.9 Å². The van der Waals surface area contributed by atoms with Crippen LogP contribution in [0.2, 0.25) is 0 Å². The summed E-state index contributed by atoms with van der Waals surface area (Å²) in [5.41, 5.74) is -0.877. The molecule has 2 aromatic heterocycles. The van der Waals surface area contributed by atoms with Crippen LogP contribution >= 0.6 is 23.1 Å². The van der Waals surface area contributed by atoms with E-state index < -0.39 is 11.4 Å². The average molecular weight is 460 g/mol. The van der Waals surface area contributed by atoms with E-state index in [1.54, 1.807) is 11.3 Å². The molecular formula is C21H25N5O3S2. The van der Waals surface area contributed by atoms with Crippen LogP contribution in [0, 0.1) is 0 Å². The first-order chi connectivity index (χ1) is 15.1. The lowest BCUT2D eigenvalue weighted by Gasteiger charge is -2.47. The number of carbonyl (C=O) groups is 3. The van der Waals surface area contributed by atoms with Crippen LogP contribution in [-0.2, 0) is 20.8 Å². The molecule has 0 atom stereocenters. The van der Waals surface area contributed by atoms with Gasteiger partial charge in [0.15, 0.2) is 5.16 Å². The maximum absolute atomic E-state index is 13.2. The standard InChI is InChI=1S/C21H25N5O3S2/c27-17-12-25(21(19(29)22-17)8-2-1-3-9-21)18(28)13-31-20-24-23-16(26(20)14-6-7-14)11-15-5-4-10-30-15/h4-5,10,14H,1-3,6-9,11-13H2,(H,22,27,29). The lowest BCUT2D eigenvalue weighted by Crippen LogP contribution is -2.69. The van der Waals surface area contributed by atoms with Crippen molar-refractivity contribution in [3.05, 3.63) is 28.2 Å². The van der Waals surface area contributed by atoms with E-state index in [0.717, 1.165) is 49.5 Å². The van der Waals surface area contributed by atoms with Crippen LogP contribution in [0.25, 0.3) is 0 Å². The van der Waals surface area contributed by atoms with Crippen molar-refractivity contribution in [2.75, 3.05) is 12.3 Å². The van der Waals surface area contributed by atoms with E-state index in [4.69, 9.17) is 0 Å². The third-order valence-electron chi connectivity index (χ3n) is 6.36. The quantitative estimate of drug-likeness (QED) is 0.527. The molecule has 31 heavy (non-hydrogen) atoms. The number of hydrogen-bond acceptors (Lipinski definition) is 7. The van der Waals surface area contributed by atoms with Gasteiger partial charge in [-0.1, -0.05) is 37.1 Å². The molecule has 164 valence electrons. The number of nitrogens with one attached hydrogen (secondary N) is 1. The molecule has 8 nitrogen and oxygen atoms in total. The highest BCUT2D eigenvalue weighted by atomic mass is 32.2. The number of thiophene rings is 1. The maximum atomic E-state index is 13.2. The molecular weight excluding hydrogens is 434 g/mol. The number of imide groups is 1. The summed E-state index contributed by atoms with van der Waals surface area (Å²) in [6.07, 6.45) is 7.00. The number of thioether (sulfide) groups is 1. The molecule has 0 radical (unpaired) electrons. The molecule has 3 aliphatic rings. The summed E-state index contributed by atoms with van der Waals surface area (Å²) >= 11 is 3.06. The van der Waals surface area contributed by atoms with E-state index in [9.17, 15) is 14.4 Å². The molecule has 3 heterocycles. The summed E-state index contributed by atoms with van der Waals surface area (Å²) in [5.74, 6) is 0.170. The van der Waals surface area contributed by atoms with Crippen molar-refractivity contribution in [2.45, 2.75) is 68.1 Å². The second kappa shape index (κ2) is 8.38. The first-order valence-corrected chi connectivity index (χ1v) is 12.7. The summed E-state index contributed by atoms with van der Waals surface area (Å²) < 4.78 is 2.17. The molecule has 3 fully saturated rings. The minimum atomic E-state index is -0.877. The van der Waals surface area contributed by atoms with Gasteiger partial charge in [-0.15, -0.1) is 21.5 Å². The van der Waals surface area contributed by atoms with Gasteiger partial charge in [0.05, 0.1) is 5.75 Å². The van der Waals surface area contributed by atoms with Gasteiger partial charge in [0, 0.05) is 17.3 Å². The number of aromatic nitrogens is 3. The Kier molecular flexibility index (Phi) is 5.60. The highest BCUT2D eigenvalue weighted by Gasteiger charge is 2.50. The predicted molar refractivity (Wildman–Crippen MR) is 117 cm³/mol. The van der Waals surface area contributed by atoms with Crippen LogP contribution in [0.3, 0.4) is 0 Å². The van der Waals surface area contributed by atoms with Crippen molar-refractivity contribution in [1.82, 2.24) is 25.0 Å². The molecule has 1 saturated heterocycles. The van der Waals surface area contributed by atoms with Crippen LogP contribution in [-0.4, -0.2) is 55.2 Å². The van der Waals surface area contributed by atoms with Crippen molar-refractivity contribution in [1.29, 1.82) is 0 Å². The fourth-order valence-corrected chi connectivity index (χ4v) is 6.26. The highest BCUT2D eigenvalue weighted by molar-refractivity contribution is 7.99. The van der Waals surface area contributed by atoms with Crippen molar-refractivity contribution >= 4 is 40.8 Å². The summed E-state index contributed by atoms with van der Waals surface area (Å²) in [6, 6.07) is 4.52. The summed E-state index contributed by atoms with van der Waals surface area (Å²) in [4.78, 5) is 40.7. The Bertz CT molecular complexity index is 993. The average Bonchev–Trinajstić information content (AvgIpc) is 3.32. The number of nitrogens with zero attached hydrogens (tertiary/aromatic N) is 4. The first kappa shape index (κ1) is 20.7. The molecule has 0 unspecified atom stereocenters. The third kappa shape index (κ3) is 4.03. The number of carbonyl (C=O) groups excluding carboxylic acids is 3. The predicted octanol–water partition coefficient (Wildman–Crippen LogP) is 2.55. The van der Waals surface area contributed by atoms with Crippen molar-refractivity contribution in [3.63, 3.8) is 0 Å². The molecule has 1 aliphatic heterocycles. The minimum Gasteiger partial charge on any atom is -0.318 e. The smallest absolute Gasteiger partial charge is 0.252 e. The summed E-state index contributed by atoms with van der Waals surface area (Å²) in [7, 11) is 0. The van der Waals surface area contributed by atoms with Gasteiger partial charge in [0.2, 0.25) is 11.8 Å². The van der Waals surface area contributed by atoms with E-state index in [-0.39, 0.29) is 24.1 Å². The zero-order valence-electron chi connectivity index (χ0n) is 17.2. The molecule has 2 aromatic rings. The Balaban J connectivity index is 1.32. The van der Waals surface area contributed by atoms with Gasteiger partial charge in [-0.3, -0.25) is 19.7 Å². The van der Waals surface area contributed by atoms with E-state index >= 15 is 0 Å². The molecule has 1 N–H and O–H groups in total. The van der Waals surface area contributed by atoms with Gasteiger partial charge in [-0.25, -0.2) is 0 Å². The van der Waals surface area contributed by atoms with Crippen molar-refractivity contribution in [3.8, 4) is 0 Å². The Morgan fingerprint density at radius 2 is 2.03 bits per heavy atom. The van der Waals surface area contributed by atoms with Gasteiger partial charge in [0.25, 0.3) is 5.91 Å². The molecule has 1 spiro atoms. The topological polar surface area (TPSA) is 97.2 Å². The number of piperazine rings is 1. The lowest BCUT2D eigenvalue weighted by atomic mass is 9.78. The van der Waals surface area contributed by atoms with E-state index in [0.29, 0.717) is 18.9 Å². The van der Waals surface area contributed by atoms with Crippen molar-refractivity contribution < 1.29 is 14.4 Å². The highest BCUT2D eigenvalue weighted by Crippen LogP contribution is 2.40. The molecule has 0 aromatic carbocycles. The Hall–Kier alpha value is -2.20. The second-order valence-corrected chi connectivity index (χ2v) is 10.5. The van der Waals surface area contributed by atoms with Gasteiger partial charge in [-0.05, 0) is 37.1 Å². The normalized spacial score (nSPS) is 20.8. The van der Waals surface area contributed by atoms with Crippen LogP contribution in [0.1, 0.15) is 61.7 Å². The summed E-state index contributed by atoms with van der Waals surface area (Å²) in [6.45, 7) is -0.0515. The Morgan fingerprint density at radius 1 is 1.23 bits per heavy atom. The number of amides is 3. The van der Waals surface area contributed by atoms with Crippen LogP contribution in [0.5, 0.6) is 0 Å². The van der Waals surface area contributed by atoms with Crippen LogP contribution in [0.15, 0.2) is 22.7 Å². The minimum absolute atomic E-state index is 0.0515. The Labute approximate surface area is 188 Å². The molecule has 0 bridgehead atoms. The molecule has 10 heteroatoms. The SMILES string of the molecule is O=C1CN(C(=O)CSc2nnc(Cc3cccs3)n2C2CC2)C2(CCCCC2)C(=O)N1. The van der Waals surface area contributed by atoms with Crippen LogP contribution < -0.4 is 5.32 Å². The van der Waals surface area contributed by atoms with Crippen LogP contribution in [0.4, 0.5) is 0 Å². The zero-order chi connectivity index (χ0) is 21.4. The molecule has 3 amide bonds. The largest absolute Gasteiger partial charge is 0.318 e. The van der Waals surface area contributed by atoms with E-state index in [2.05, 4.69) is 31.5 Å². The first-order valence-electron chi connectivity index (χ1n) is 10.8. The number of hydrogen-bond donors (Lipinski definition) is 1. The van der Waals surface area contributed by atoms with Gasteiger partial charge in [-0.2, -0.15) is 0 Å². The van der Waals surface area contributed by atoms with Gasteiger partial charge < -0.3 is 9.47 Å². The number of rotatable bonds is 6. The lowest BCUT2D eigenvalue weighted by molar-refractivity contribution is -0.158. The molecule has 2 saturated carbocycles. The zero-order valence-corrected chi connectivity index (χ0v) is 18.8. The van der Waals surface area contributed by atoms with E-state index in [1.165, 1.54) is 21.5 Å². The Morgan fingerprint density at radius 3 is 2.74 bits per heavy atom. The third-order valence-corrected chi connectivity index (χ3v) is 8.16. The fraction of sp³-hybridized carbons (Fsp3) is 0.571. The summed E-state index contributed by atoms with van der Waals surface area (Å²) in [5, 5.41) is 14.0. The monoisotopic (exact) mass is 459 g/mol. The van der Waals surface area contributed by atoms with Crippen molar-refractivity contribution in [2.24, 2.45) is 0 Å². The molecule has 5 rings (SSSR count). The van der Waals surface area contributed by atoms with E-state index in [1.807, 2.05) is 6.07 Å². The van der Waals surface area contributed by atoms with Gasteiger partial charge >= 0.3 is 0 Å². The second-order valence-electron chi connectivity index (χ2n) is 8.49.